The van der Waals surface area contributed by atoms with E-state index in [0.29, 0.717) is 24.1 Å². The number of carboxylic acid groups (broad SMARTS) is 1. The standard InChI is InChI=1S/C21H22N2O3.C20H20N2O3.C4H8O.Na.H2O/c1-13-7-16-8-14(10-18(21(2,3)25)19(16)23-12-13)9-17-11-15(5-6-22-17)20(24)26-4;1-12-6-15-7-13(8-16-10-14(19(23)24)4-5-21-16)9-17(20(2,3)25)18(15)22-11-12;1-2-4-5-3-1;;/h5-8,10-12,25H,9H2,1-4H3;4-7,9-11,25H,8H2,1-3H3,(H,23,24);1-4H2;;1H2/q;;;+1;/p-1. The number of pyridine rings is 4. The minimum atomic E-state index is -1.03. The number of aryl methyl sites for hydroxylation is 2. The molecule has 13 heteroatoms. The van der Waals surface area contributed by atoms with Gasteiger partial charge in [-0.2, -0.15) is 0 Å². The molecular weight excluding hydrogens is 748 g/mol. The smallest absolute Gasteiger partial charge is 0.870 e. The van der Waals surface area contributed by atoms with Gasteiger partial charge in [-0.05, 0) is 125 Å². The number of benzene rings is 2. The predicted molar refractivity (Wildman–Crippen MR) is 218 cm³/mol. The fourth-order valence-electron chi connectivity index (χ4n) is 6.44. The van der Waals surface area contributed by atoms with E-state index in [9.17, 15) is 19.8 Å². The molecule has 300 valence electrons. The summed E-state index contributed by atoms with van der Waals surface area (Å²) in [5.41, 5.74) is 7.19. The van der Waals surface area contributed by atoms with E-state index in [1.807, 2.05) is 38.1 Å². The second-order valence-corrected chi connectivity index (χ2v) is 15.1. The second-order valence-electron chi connectivity index (χ2n) is 15.1. The van der Waals surface area contributed by atoms with Gasteiger partial charge in [0.05, 0.1) is 40.5 Å². The topological polar surface area (TPSA) is 195 Å². The van der Waals surface area contributed by atoms with Crippen molar-refractivity contribution in [3.63, 3.8) is 0 Å². The van der Waals surface area contributed by atoms with E-state index in [1.165, 1.54) is 32.2 Å². The number of methoxy groups -OCH3 is 1. The van der Waals surface area contributed by atoms with Crippen LogP contribution in [0.3, 0.4) is 0 Å². The van der Waals surface area contributed by atoms with Gasteiger partial charge >= 0.3 is 41.5 Å². The molecule has 5 heterocycles. The molecule has 7 rings (SSSR count). The molecule has 4 N–H and O–H groups in total. The first-order chi connectivity index (χ1) is 26.5. The second kappa shape index (κ2) is 20.9. The molecule has 0 saturated carbocycles. The molecule has 2 aromatic carbocycles. The van der Waals surface area contributed by atoms with Crippen LogP contribution in [0.25, 0.3) is 21.8 Å². The average molecular weight is 799 g/mol. The summed E-state index contributed by atoms with van der Waals surface area (Å²) in [5.74, 6) is -1.36. The van der Waals surface area contributed by atoms with Crippen molar-refractivity contribution < 1.29 is 69.4 Å². The van der Waals surface area contributed by atoms with Crippen LogP contribution in [0.4, 0.5) is 0 Å². The Hall–Kier alpha value is -4.66. The molecule has 58 heavy (non-hydrogen) atoms. The zero-order valence-electron chi connectivity index (χ0n) is 34.5. The number of nitrogens with zero attached hydrogens (tertiary/aromatic N) is 4. The summed E-state index contributed by atoms with van der Waals surface area (Å²) in [6.45, 7) is 12.9. The number of ether oxygens (including phenoxy) is 2. The summed E-state index contributed by atoms with van der Waals surface area (Å²) < 4.78 is 9.71. The normalized spacial score (nSPS) is 12.3. The van der Waals surface area contributed by atoms with Gasteiger partial charge in [0.2, 0.25) is 0 Å². The van der Waals surface area contributed by atoms with E-state index in [4.69, 9.17) is 14.6 Å². The molecule has 0 unspecified atom stereocenters. The van der Waals surface area contributed by atoms with E-state index >= 15 is 0 Å². The maximum absolute atomic E-state index is 11.7. The van der Waals surface area contributed by atoms with Gasteiger partial charge in [0.25, 0.3) is 0 Å². The van der Waals surface area contributed by atoms with Crippen LogP contribution in [0, 0.1) is 13.8 Å². The predicted octanol–water partition coefficient (Wildman–Crippen LogP) is 4.62. The molecule has 1 aliphatic rings. The van der Waals surface area contributed by atoms with Crippen molar-refractivity contribution in [3.8, 4) is 0 Å². The number of carbonyl (C=O) groups is 2. The SMILES string of the molecule is C1CCOC1.COC(=O)c1ccnc(Cc2cc(C(C)(C)O)c3ncc(C)cc3c2)c1.Cc1cnc2c(C(C)(C)O)cc(Cc3cc(C(=O)O)ccn3)cc2c1.[Na+].[OH-]. The van der Waals surface area contributed by atoms with Gasteiger partial charge in [0.1, 0.15) is 0 Å². The van der Waals surface area contributed by atoms with Crippen LogP contribution in [0.15, 0.2) is 85.5 Å². The number of rotatable bonds is 8. The van der Waals surface area contributed by atoms with Crippen molar-refractivity contribution >= 4 is 33.7 Å². The molecule has 12 nitrogen and oxygen atoms in total. The maximum atomic E-state index is 11.7. The van der Waals surface area contributed by atoms with Crippen LogP contribution >= 0.6 is 0 Å². The van der Waals surface area contributed by atoms with Crippen LogP contribution in [0.5, 0.6) is 0 Å². The molecular formula is C45H51N4NaO8. The maximum Gasteiger partial charge on any atom is 1.00 e. The van der Waals surface area contributed by atoms with Crippen molar-refractivity contribution in [2.24, 2.45) is 0 Å². The summed E-state index contributed by atoms with van der Waals surface area (Å²) in [6, 6.07) is 18.4. The number of hydrogen-bond acceptors (Lipinski definition) is 11. The number of esters is 1. The quantitative estimate of drug-likeness (QED) is 0.143. The van der Waals surface area contributed by atoms with Gasteiger partial charge in [0, 0.05) is 84.1 Å². The minimum absolute atomic E-state index is 0. The third kappa shape index (κ3) is 12.9. The molecule has 0 aliphatic carbocycles. The molecule has 1 aliphatic heterocycles. The molecule has 0 radical (unpaired) electrons. The third-order valence-electron chi connectivity index (χ3n) is 9.18. The summed E-state index contributed by atoms with van der Waals surface area (Å²) in [6.07, 6.45) is 10.3. The summed E-state index contributed by atoms with van der Waals surface area (Å²) >= 11 is 0. The number of aromatic nitrogens is 4. The van der Waals surface area contributed by atoms with E-state index in [2.05, 4.69) is 32.1 Å². The molecule has 0 atom stereocenters. The van der Waals surface area contributed by atoms with Gasteiger partial charge < -0.3 is 30.3 Å². The van der Waals surface area contributed by atoms with Gasteiger partial charge in [-0.15, -0.1) is 0 Å². The number of fused-ring (bicyclic) bond motifs is 2. The molecule has 0 amide bonds. The third-order valence-corrected chi connectivity index (χ3v) is 9.18. The fraction of sp³-hybridized carbons (Fsp3) is 0.333. The van der Waals surface area contributed by atoms with Gasteiger partial charge in [0.15, 0.2) is 0 Å². The van der Waals surface area contributed by atoms with Gasteiger partial charge in [-0.25, -0.2) is 9.59 Å². The number of carboxylic acids is 1. The number of hydrogen-bond donors (Lipinski definition) is 3. The van der Waals surface area contributed by atoms with Crippen molar-refractivity contribution in [3.05, 3.63) is 141 Å². The van der Waals surface area contributed by atoms with Crippen molar-refractivity contribution in [1.29, 1.82) is 0 Å². The molecule has 6 aromatic rings. The number of aromatic carboxylic acids is 1. The van der Waals surface area contributed by atoms with E-state index < -0.39 is 17.2 Å². The Balaban J connectivity index is 0.000000268. The molecule has 4 aromatic heterocycles. The fourth-order valence-corrected chi connectivity index (χ4v) is 6.44. The van der Waals surface area contributed by atoms with Crippen molar-refractivity contribution in [1.82, 2.24) is 19.9 Å². The first kappa shape index (κ1) is 47.7. The Labute approximate surface area is 361 Å². The van der Waals surface area contributed by atoms with Crippen LogP contribution in [-0.4, -0.2) is 73.0 Å². The average Bonchev–Trinajstić information content (AvgIpc) is 3.74. The monoisotopic (exact) mass is 798 g/mol. The van der Waals surface area contributed by atoms with E-state index in [1.54, 1.807) is 64.5 Å². The van der Waals surface area contributed by atoms with Crippen LogP contribution < -0.4 is 29.6 Å². The van der Waals surface area contributed by atoms with Crippen LogP contribution in [0.1, 0.15) is 106 Å². The Morgan fingerprint density at radius 2 is 1.12 bits per heavy atom. The molecule has 0 spiro atoms. The van der Waals surface area contributed by atoms with Gasteiger partial charge in [-0.3, -0.25) is 19.9 Å². The Morgan fingerprint density at radius 1 is 0.690 bits per heavy atom. The van der Waals surface area contributed by atoms with E-state index in [-0.39, 0.29) is 46.6 Å². The van der Waals surface area contributed by atoms with E-state index in [0.717, 1.165) is 74.1 Å². The molecule has 1 fully saturated rings. The van der Waals surface area contributed by atoms with Crippen molar-refractivity contribution in [2.75, 3.05) is 20.3 Å². The Kier molecular flexibility index (Phi) is 17.2. The summed E-state index contributed by atoms with van der Waals surface area (Å²) in [7, 11) is 1.36. The largest absolute Gasteiger partial charge is 1.00 e. The molecule has 1 saturated heterocycles. The first-order valence-corrected chi connectivity index (χ1v) is 18.6. The number of aliphatic hydroxyl groups is 2. The zero-order chi connectivity index (χ0) is 40.6. The zero-order valence-corrected chi connectivity index (χ0v) is 36.5. The van der Waals surface area contributed by atoms with Crippen molar-refractivity contribution in [2.45, 2.75) is 78.4 Å². The Morgan fingerprint density at radius 3 is 1.50 bits per heavy atom. The minimum Gasteiger partial charge on any atom is -0.870 e. The van der Waals surface area contributed by atoms with Crippen LogP contribution in [0.2, 0.25) is 0 Å². The van der Waals surface area contributed by atoms with Gasteiger partial charge in [-0.1, -0.05) is 12.1 Å². The summed E-state index contributed by atoms with van der Waals surface area (Å²) in [5, 5.41) is 32.2. The Bertz CT molecular complexity index is 2340. The molecule has 0 bridgehead atoms. The number of carbonyl (C=O) groups excluding carboxylic acids is 1. The van der Waals surface area contributed by atoms with Crippen LogP contribution in [-0.2, 0) is 33.5 Å². The summed E-state index contributed by atoms with van der Waals surface area (Å²) in [4.78, 5) is 40.5. The first-order valence-electron chi connectivity index (χ1n) is 18.6.